The molecule has 1 rings (SSSR count). The Morgan fingerprint density at radius 1 is 1.58 bits per heavy atom. The summed E-state index contributed by atoms with van der Waals surface area (Å²) in [6.07, 6.45) is 0. The minimum absolute atomic E-state index is 0.433. The number of halogens is 1. The Morgan fingerprint density at radius 2 is 2.25 bits per heavy atom. The lowest BCUT2D eigenvalue weighted by Crippen LogP contribution is -1.91. The van der Waals surface area contributed by atoms with Gasteiger partial charge < -0.3 is 4.79 Å². The van der Waals surface area contributed by atoms with Crippen LogP contribution in [0.25, 0.3) is 4.85 Å². The van der Waals surface area contributed by atoms with E-state index in [2.05, 4.69) is 20.8 Å². The quantitative estimate of drug-likeness (QED) is 0.672. The molecule has 1 amide bonds. The first-order chi connectivity index (χ1) is 5.65. The van der Waals surface area contributed by atoms with Crippen molar-refractivity contribution in [3.05, 3.63) is 45.2 Å². The van der Waals surface area contributed by atoms with Crippen molar-refractivity contribution in [3.63, 3.8) is 0 Å². The number of carbonyl (C=O) groups excluding carboxylic acids is 1. The van der Waals surface area contributed by atoms with Crippen LogP contribution in [-0.2, 0) is 0 Å². The van der Waals surface area contributed by atoms with Gasteiger partial charge in [0.1, 0.15) is 0 Å². The van der Waals surface area contributed by atoms with Gasteiger partial charge >= 0.3 is 5.91 Å². The molecule has 0 aliphatic heterocycles. The summed E-state index contributed by atoms with van der Waals surface area (Å²) in [5.74, 6) is -0.518. The molecule has 0 atom stereocenters. The minimum atomic E-state index is -0.518. The van der Waals surface area contributed by atoms with E-state index in [0.29, 0.717) is 5.56 Å². The second-order valence-electron chi connectivity index (χ2n) is 2.38. The van der Waals surface area contributed by atoms with Gasteiger partial charge in [-0.1, -0.05) is 28.1 Å². The summed E-state index contributed by atoms with van der Waals surface area (Å²) in [5, 5.41) is 0. The van der Waals surface area contributed by atoms with Crippen molar-refractivity contribution in [2.24, 2.45) is 0 Å². The fraction of sp³-hybridized carbons (Fsp3) is 0.111. The van der Waals surface area contributed by atoms with Gasteiger partial charge in [0.25, 0.3) is 0 Å². The van der Waals surface area contributed by atoms with Crippen LogP contribution in [0.5, 0.6) is 0 Å². The number of hydrogen-bond acceptors (Lipinski definition) is 1. The van der Waals surface area contributed by atoms with E-state index in [1.165, 1.54) is 0 Å². The Hall–Kier alpha value is -1.14. The Labute approximate surface area is 79.2 Å². The molecule has 12 heavy (non-hydrogen) atoms. The molecule has 0 unspecified atom stereocenters. The molecule has 0 aliphatic carbocycles. The van der Waals surface area contributed by atoms with Crippen LogP contribution < -0.4 is 0 Å². The van der Waals surface area contributed by atoms with E-state index in [1.54, 1.807) is 12.1 Å². The van der Waals surface area contributed by atoms with Gasteiger partial charge in [-0.3, -0.25) is 0 Å². The first-order valence-electron chi connectivity index (χ1n) is 3.33. The van der Waals surface area contributed by atoms with Crippen LogP contribution in [0.15, 0.2) is 22.7 Å². The highest BCUT2D eigenvalue weighted by atomic mass is 79.9. The summed E-state index contributed by atoms with van der Waals surface area (Å²) in [4.78, 5) is 13.7. The molecule has 60 valence electrons. The highest BCUT2D eigenvalue weighted by Crippen LogP contribution is 2.17. The number of nitrogens with zero attached hydrogens (tertiary/aromatic N) is 1. The number of rotatable bonds is 1. The van der Waals surface area contributed by atoms with Crippen molar-refractivity contribution >= 4 is 21.8 Å². The van der Waals surface area contributed by atoms with Crippen molar-refractivity contribution in [1.82, 2.24) is 0 Å². The topological polar surface area (TPSA) is 21.4 Å². The van der Waals surface area contributed by atoms with E-state index in [-0.39, 0.29) is 0 Å². The molecule has 0 fully saturated rings. The molecule has 0 aromatic heterocycles. The third kappa shape index (κ3) is 1.72. The van der Waals surface area contributed by atoms with Gasteiger partial charge in [-0.05, 0) is 18.6 Å². The van der Waals surface area contributed by atoms with Crippen LogP contribution in [0.1, 0.15) is 15.9 Å². The molecule has 0 N–H and O–H groups in total. The second-order valence-corrected chi connectivity index (χ2v) is 3.24. The van der Waals surface area contributed by atoms with Crippen molar-refractivity contribution in [1.29, 1.82) is 0 Å². The smallest absolute Gasteiger partial charge is 0.311 e. The van der Waals surface area contributed by atoms with Crippen LogP contribution in [-0.4, -0.2) is 5.91 Å². The van der Waals surface area contributed by atoms with Gasteiger partial charge in [0.05, 0.1) is 6.57 Å². The maximum Gasteiger partial charge on any atom is 0.385 e. The standard InChI is InChI=1S/C9H6BrNO/c1-6-3-4-7(5-8(6)10)9(12)11-2/h3-5H,1H3. The molecule has 0 heterocycles. The molecule has 3 heteroatoms. The lowest BCUT2D eigenvalue weighted by Gasteiger charge is -1.98. The van der Waals surface area contributed by atoms with Crippen LogP contribution in [0, 0.1) is 13.5 Å². The Morgan fingerprint density at radius 3 is 2.75 bits per heavy atom. The summed E-state index contributed by atoms with van der Waals surface area (Å²) >= 11 is 3.29. The predicted molar refractivity (Wildman–Crippen MR) is 49.8 cm³/mol. The largest absolute Gasteiger partial charge is 0.385 e. The summed E-state index contributed by atoms with van der Waals surface area (Å²) in [7, 11) is 0. The number of hydrogen-bond donors (Lipinski definition) is 0. The summed E-state index contributed by atoms with van der Waals surface area (Å²) < 4.78 is 0.858. The molecule has 1 aromatic rings. The van der Waals surface area contributed by atoms with Crippen LogP contribution in [0.2, 0.25) is 0 Å². The molecule has 0 saturated carbocycles. The number of carbonyl (C=O) groups is 1. The molecule has 2 nitrogen and oxygen atoms in total. The van der Waals surface area contributed by atoms with E-state index < -0.39 is 5.91 Å². The van der Waals surface area contributed by atoms with Gasteiger partial charge in [-0.2, -0.15) is 4.85 Å². The zero-order chi connectivity index (χ0) is 9.14. The molecule has 0 spiro atoms. The van der Waals surface area contributed by atoms with E-state index in [0.717, 1.165) is 10.0 Å². The highest BCUT2D eigenvalue weighted by molar-refractivity contribution is 9.10. The average molecular weight is 224 g/mol. The van der Waals surface area contributed by atoms with Gasteiger partial charge in [0.15, 0.2) is 0 Å². The summed E-state index contributed by atoms with van der Waals surface area (Å²) in [6.45, 7) is 8.46. The molecule has 0 saturated heterocycles. The summed E-state index contributed by atoms with van der Waals surface area (Å²) in [6, 6.07) is 5.12. The normalized spacial score (nSPS) is 9.08. The third-order valence-corrected chi connectivity index (χ3v) is 2.37. The fourth-order valence-corrected chi connectivity index (χ4v) is 1.17. The number of amides is 1. The zero-order valence-electron chi connectivity index (χ0n) is 6.47. The van der Waals surface area contributed by atoms with E-state index in [4.69, 9.17) is 6.57 Å². The molecular formula is C9H6BrNO. The Balaban J connectivity index is 3.15. The van der Waals surface area contributed by atoms with E-state index in [9.17, 15) is 4.79 Å². The maximum absolute atomic E-state index is 10.9. The fourth-order valence-electron chi connectivity index (χ4n) is 0.790. The van der Waals surface area contributed by atoms with Crippen LogP contribution in [0.3, 0.4) is 0 Å². The first-order valence-corrected chi connectivity index (χ1v) is 4.12. The van der Waals surface area contributed by atoms with Crippen LogP contribution >= 0.6 is 15.9 Å². The maximum atomic E-state index is 10.9. The van der Waals surface area contributed by atoms with E-state index in [1.807, 2.05) is 13.0 Å². The molecule has 0 radical (unpaired) electrons. The van der Waals surface area contributed by atoms with E-state index >= 15 is 0 Å². The molecular weight excluding hydrogens is 218 g/mol. The average Bonchev–Trinajstić information content (AvgIpc) is 2.08. The van der Waals surface area contributed by atoms with Crippen molar-refractivity contribution < 1.29 is 4.79 Å². The summed E-state index contributed by atoms with van der Waals surface area (Å²) in [5.41, 5.74) is 1.49. The minimum Gasteiger partial charge on any atom is -0.311 e. The van der Waals surface area contributed by atoms with Gasteiger partial charge in [-0.15, -0.1) is 0 Å². The third-order valence-electron chi connectivity index (χ3n) is 1.52. The SMILES string of the molecule is [C-]#[N+]C(=O)c1ccc(C)c(Br)c1. The van der Waals surface area contributed by atoms with Crippen LogP contribution in [0.4, 0.5) is 0 Å². The molecule has 0 aliphatic rings. The van der Waals surface area contributed by atoms with Crippen molar-refractivity contribution in [2.75, 3.05) is 0 Å². The number of aryl methyl sites for hydroxylation is 1. The predicted octanol–water partition coefficient (Wildman–Crippen LogP) is 2.82. The lowest BCUT2D eigenvalue weighted by molar-refractivity contribution is 0.104. The van der Waals surface area contributed by atoms with Gasteiger partial charge in [0, 0.05) is 10.0 Å². The second kappa shape index (κ2) is 3.51. The number of benzene rings is 1. The lowest BCUT2D eigenvalue weighted by atomic mass is 10.1. The Kier molecular flexibility index (Phi) is 2.61. The highest BCUT2D eigenvalue weighted by Gasteiger charge is 2.05. The monoisotopic (exact) mass is 223 g/mol. The van der Waals surface area contributed by atoms with Gasteiger partial charge in [0.2, 0.25) is 0 Å². The zero-order valence-corrected chi connectivity index (χ0v) is 8.05. The molecule has 1 aromatic carbocycles. The Bertz CT molecular complexity index is 365. The molecule has 0 bridgehead atoms. The van der Waals surface area contributed by atoms with Crippen molar-refractivity contribution in [3.8, 4) is 0 Å². The first kappa shape index (κ1) is 8.95. The van der Waals surface area contributed by atoms with Crippen molar-refractivity contribution in [2.45, 2.75) is 6.92 Å². The van der Waals surface area contributed by atoms with Gasteiger partial charge in [-0.25, -0.2) is 0 Å².